The van der Waals surface area contributed by atoms with Crippen LogP contribution in [0.1, 0.15) is 26.2 Å². The molecular formula is C13H18O4S2. The summed E-state index contributed by atoms with van der Waals surface area (Å²) in [5.41, 5.74) is 0. The predicted molar refractivity (Wildman–Crippen MR) is 75.4 cm³/mol. The molecule has 1 aromatic carbocycles. The molecule has 0 bridgehead atoms. The first-order chi connectivity index (χ1) is 8.80. The second kappa shape index (κ2) is 6.96. The molecule has 0 aliphatic rings. The molecule has 4 nitrogen and oxygen atoms in total. The molecule has 1 aromatic rings. The molecule has 19 heavy (non-hydrogen) atoms. The third-order valence-corrected chi connectivity index (χ3v) is 5.21. The molecular weight excluding hydrogens is 284 g/mol. The van der Waals surface area contributed by atoms with Gasteiger partial charge in [0.1, 0.15) is 5.78 Å². The normalized spacial score (nSPS) is 13.2. The highest BCUT2D eigenvalue weighted by atomic mass is 32.2. The molecule has 1 unspecified atom stereocenters. The summed E-state index contributed by atoms with van der Waals surface area (Å²) in [6.07, 6.45) is 3.12. The molecule has 0 aliphatic carbocycles. The van der Waals surface area contributed by atoms with Gasteiger partial charge in [-0.2, -0.15) is 0 Å². The van der Waals surface area contributed by atoms with Crippen molar-refractivity contribution in [3.8, 4) is 0 Å². The lowest BCUT2D eigenvalue weighted by atomic mass is 10.2. The maximum absolute atomic E-state index is 11.9. The van der Waals surface area contributed by atoms with Crippen molar-refractivity contribution in [3.63, 3.8) is 0 Å². The second-order valence-corrected chi connectivity index (χ2v) is 8.04. The molecule has 0 amide bonds. The summed E-state index contributed by atoms with van der Waals surface area (Å²) in [5.74, 6) is 0.634. The van der Waals surface area contributed by atoms with Crippen LogP contribution >= 0.6 is 0 Å². The van der Waals surface area contributed by atoms with Crippen molar-refractivity contribution in [1.29, 1.82) is 0 Å². The summed E-state index contributed by atoms with van der Waals surface area (Å²) in [7, 11) is -4.35. The van der Waals surface area contributed by atoms with Crippen molar-refractivity contribution >= 4 is 26.4 Å². The van der Waals surface area contributed by atoms with E-state index in [4.69, 9.17) is 0 Å². The van der Waals surface area contributed by atoms with Crippen molar-refractivity contribution < 1.29 is 17.4 Å². The van der Waals surface area contributed by atoms with Gasteiger partial charge >= 0.3 is 0 Å². The number of ketones is 1. The number of Topliss-reactive ketones (excluding diaryl/α,β-unsaturated/α-hetero) is 1. The minimum absolute atomic E-state index is 0.142. The van der Waals surface area contributed by atoms with E-state index in [0.717, 1.165) is 19.1 Å². The number of carbonyl (C=O) groups is 1. The summed E-state index contributed by atoms with van der Waals surface area (Å²) >= 11 is 0. The van der Waals surface area contributed by atoms with E-state index < -0.39 is 20.6 Å². The summed E-state index contributed by atoms with van der Waals surface area (Å²) in [4.78, 5) is 11.6. The maximum Gasteiger partial charge on any atom is 0.175 e. The average molecular weight is 302 g/mol. The van der Waals surface area contributed by atoms with E-state index in [1.807, 2.05) is 0 Å². The molecule has 0 saturated heterocycles. The topological polar surface area (TPSA) is 68.3 Å². The summed E-state index contributed by atoms with van der Waals surface area (Å²) in [5, 5.41) is 0. The lowest BCUT2D eigenvalue weighted by Crippen LogP contribution is -2.01. The number of sulfone groups is 1. The summed E-state index contributed by atoms with van der Waals surface area (Å²) < 4.78 is 34.5. The van der Waals surface area contributed by atoms with Crippen LogP contribution in [0.2, 0.25) is 0 Å². The Hall–Kier alpha value is -1.01. The van der Waals surface area contributed by atoms with E-state index in [9.17, 15) is 17.4 Å². The summed E-state index contributed by atoms with van der Waals surface area (Å²) in [6.45, 7) is 1.54. The molecule has 1 rings (SSSR count). The minimum atomic E-state index is -3.21. The Morgan fingerprint density at radius 3 is 2.21 bits per heavy atom. The van der Waals surface area contributed by atoms with E-state index in [1.54, 1.807) is 19.1 Å². The van der Waals surface area contributed by atoms with E-state index in [2.05, 4.69) is 0 Å². The van der Waals surface area contributed by atoms with Gasteiger partial charge in [0.2, 0.25) is 0 Å². The van der Waals surface area contributed by atoms with Gasteiger partial charge in [0.15, 0.2) is 9.84 Å². The van der Waals surface area contributed by atoms with Crippen molar-refractivity contribution in [2.45, 2.75) is 36.0 Å². The molecule has 0 aliphatic heterocycles. The second-order valence-electron chi connectivity index (χ2n) is 4.45. The Balaban J connectivity index is 2.56. The molecule has 0 N–H and O–H groups in total. The lowest BCUT2D eigenvalue weighted by Gasteiger charge is -2.03. The Labute approximate surface area is 116 Å². The van der Waals surface area contributed by atoms with Crippen LogP contribution in [-0.2, 0) is 25.4 Å². The number of benzene rings is 1. The number of hydrogen-bond donors (Lipinski definition) is 0. The van der Waals surface area contributed by atoms with Gasteiger partial charge in [-0.15, -0.1) is 0 Å². The standard InChI is InChI=1S/C13H18O4S2/c1-11(14)5-3-4-10-18(15)12-6-8-13(9-7-12)19(2,16)17/h6-9H,3-5,10H2,1-2H3. The van der Waals surface area contributed by atoms with Gasteiger partial charge in [0.05, 0.1) is 15.7 Å². The molecule has 0 aromatic heterocycles. The Bertz CT molecular complexity index is 559. The number of hydrogen-bond acceptors (Lipinski definition) is 4. The van der Waals surface area contributed by atoms with E-state index in [1.165, 1.54) is 12.1 Å². The van der Waals surface area contributed by atoms with E-state index in [0.29, 0.717) is 17.1 Å². The van der Waals surface area contributed by atoms with Crippen LogP contribution in [0.15, 0.2) is 34.1 Å². The monoisotopic (exact) mass is 302 g/mol. The Kier molecular flexibility index (Phi) is 5.87. The first-order valence-corrected chi connectivity index (χ1v) is 9.19. The van der Waals surface area contributed by atoms with E-state index >= 15 is 0 Å². The van der Waals surface area contributed by atoms with Gasteiger partial charge in [-0.05, 0) is 44.0 Å². The highest BCUT2D eigenvalue weighted by molar-refractivity contribution is 7.90. The van der Waals surface area contributed by atoms with Crippen LogP contribution in [-0.4, -0.2) is 30.4 Å². The highest BCUT2D eigenvalue weighted by Gasteiger charge is 2.09. The fourth-order valence-corrected chi connectivity index (χ4v) is 3.34. The van der Waals surface area contributed by atoms with Crippen molar-refractivity contribution in [3.05, 3.63) is 24.3 Å². The number of carbonyl (C=O) groups excluding carboxylic acids is 1. The van der Waals surface area contributed by atoms with Crippen LogP contribution in [0.4, 0.5) is 0 Å². The van der Waals surface area contributed by atoms with Crippen LogP contribution in [0.25, 0.3) is 0 Å². The van der Waals surface area contributed by atoms with Crippen molar-refractivity contribution in [2.24, 2.45) is 0 Å². The minimum Gasteiger partial charge on any atom is -0.300 e. The number of rotatable bonds is 7. The third kappa shape index (κ3) is 5.65. The first-order valence-electron chi connectivity index (χ1n) is 5.98. The largest absolute Gasteiger partial charge is 0.300 e. The number of unbranched alkanes of at least 4 members (excludes halogenated alkanes) is 1. The SMILES string of the molecule is CC(=O)CCCCS(=O)c1ccc(S(C)(=O)=O)cc1. The smallest absolute Gasteiger partial charge is 0.175 e. The molecule has 106 valence electrons. The van der Waals surface area contributed by atoms with Gasteiger partial charge in [0.25, 0.3) is 0 Å². The van der Waals surface area contributed by atoms with Gasteiger partial charge in [0, 0.05) is 23.3 Å². The van der Waals surface area contributed by atoms with Crippen molar-refractivity contribution in [2.75, 3.05) is 12.0 Å². The van der Waals surface area contributed by atoms with Gasteiger partial charge in [-0.25, -0.2) is 8.42 Å². The molecule has 6 heteroatoms. The third-order valence-electron chi connectivity index (χ3n) is 2.62. The molecule has 1 atom stereocenters. The molecule has 0 saturated carbocycles. The average Bonchev–Trinajstić information content (AvgIpc) is 2.33. The fourth-order valence-electron chi connectivity index (χ4n) is 1.56. The molecule has 0 spiro atoms. The van der Waals surface area contributed by atoms with Crippen LogP contribution in [0.5, 0.6) is 0 Å². The fraction of sp³-hybridized carbons (Fsp3) is 0.462. The predicted octanol–water partition coefficient (Wildman–Crippen LogP) is 1.96. The van der Waals surface area contributed by atoms with Gasteiger partial charge in [-0.1, -0.05) is 0 Å². The van der Waals surface area contributed by atoms with Gasteiger partial charge in [-0.3, -0.25) is 4.21 Å². The van der Waals surface area contributed by atoms with Crippen LogP contribution < -0.4 is 0 Å². The van der Waals surface area contributed by atoms with Gasteiger partial charge < -0.3 is 4.79 Å². The maximum atomic E-state index is 11.9. The Morgan fingerprint density at radius 1 is 1.16 bits per heavy atom. The van der Waals surface area contributed by atoms with Crippen LogP contribution in [0, 0.1) is 0 Å². The van der Waals surface area contributed by atoms with Crippen LogP contribution in [0.3, 0.4) is 0 Å². The zero-order chi connectivity index (χ0) is 14.5. The van der Waals surface area contributed by atoms with E-state index in [-0.39, 0.29) is 10.7 Å². The van der Waals surface area contributed by atoms with Crippen molar-refractivity contribution in [1.82, 2.24) is 0 Å². The zero-order valence-electron chi connectivity index (χ0n) is 11.1. The highest BCUT2D eigenvalue weighted by Crippen LogP contribution is 2.14. The zero-order valence-corrected chi connectivity index (χ0v) is 12.7. The first kappa shape index (κ1) is 16.0. The molecule has 0 fully saturated rings. The summed E-state index contributed by atoms with van der Waals surface area (Å²) in [6, 6.07) is 6.10. The quantitative estimate of drug-likeness (QED) is 0.722. The molecule has 0 radical (unpaired) electrons. The Morgan fingerprint density at radius 2 is 1.74 bits per heavy atom. The lowest BCUT2D eigenvalue weighted by molar-refractivity contribution is -0.117. The molecule has 0 heterocycles.